The topological polar surface area (TPSA) is 81.1 Å². The first kappa shape index (κ1) is 21.0. The third-order valence-electron chi connectivity index (χ3n) is 4.65. The van der Waals surface area contributed by atoms with Gasteiger partial charge in [0, 0.05) is 21.5 Å². The monoisotopic (exact) mass is 457 g/mol. The standard InChI is InChI=1S/C22H17ClFN3O3S/c1-13-4-3-5-14(10-13)21-17-12-16(23)7-9-19(17)27(25-21)20-8-6-15(11-18(20)24)22(28)26-31(2,29)30/h3-12H,1-2H3,(H,26,28). The molecule has 4 aromatic rings. The molecule has 0 aliphatic rings. The van der Waals surface area contributed by atoms with E-state index in [1.54, 1.807) is 18.2 Å². The molecule has 0 saturated carbocycles. The Morgan fingerprint density at radius 1 is 1.10 bits per heavy atom. The summed E-state index contributed by atoms with van der Waals surface area (Å²) in [6.45, 7) is 1.97. The van der Waals surface area contributed by atoms with Crippen LogP contribution in [-0.2, 0) is 10.0 Å². The van der Waals surface area contributed by atoms with Crippen LogP contribution in [-0.4, -0.2) is 30.4 Å². The summed E-state index contributed by atoms with van der Waals surface area (Å²) in [5.74, 6) is -1.64. The van der Waals surface area contributed by atoms with E-state index >= 15 is 0 Å². The Morgan fingerprint density at radius 2 is 1.87 bits per heavy atom. The van der Waals surface area contributed by atoms with Crippen molar-refractivity contribution >= 4 is 38.4 Å². The van der Waals surface area contributed by atoms with E-state index in [1.807, 2.05) is 35.9 Å². The van der Waals surface area contributed by atoms with Gasteiger partial charge in [0.1, 0.15) is 17.2 Å². The molecule has 1 amide bonds. The summed E-state index contributed by atoms with van der Waals surface area (Å²) in [6, 6.07) is 16.7. The first-order chi connectivity index (χ1) is 14.6. The largest absolute Gasteiger partial charge is 0.268 e. The van der Waals surface area contributed by atoms with Crippen LogP contribution in [0.1, 0.15) is 15.9 Å². The molecule has 0 atom stereocenters. The van der Waals surface area contributed by atoms with Crippen molar-refractivity contribution in [1.29, 1.82) is 0 Å². The zero-order chi connectivity index (χ0) is 22.3. The number of sulfonamides is 1. The van der Waals surface area contributed by atoms with Gasteiger partial charge in [-0.3, -0.25) is 4.79 Å². The van der Waals surface area contributed by atoms with Crippen LogP contribution in [0.15, 0.2) is 60.7 Å². The zero-order valence-electron chi connectivity index (χ0n) is 16.6. The van der Waals surface area contributed by atoms with Crippen LogP contribution in [0.3, 0.4) is 0 Å². The van der Waals surface area contributed by atoms with Gasteiger partial charge in [-0.05, 0) is 49.4 Å². The van der Waals surface area contributed by atoms with Gasteiger partial charge in [0.2, 0.25) is 10.0 Å². The summed E-state index contributed by atoms with van der Waals surface area (Å²) in [6.07, 6.45) is 0.851. The number of benzene rings is 3. The van der Waals surface area contributed by atoms with E-state index in [2.05, 4.69) is 5.10 Å². The number of rotatable bonds is 4. The average molecular weight is 458 g/mol. The molecule has 1 N–H and O–H groups in total. The van der Waals surface area contributed by atoms with Gasteiger partial charge in [0.05, 0.1) is 11.8 Å². The van der Waals surface area contributed by atoms with Crippen LogP contribution in [0, 0.1) is 12.7 Å². The van der Waals surface area contributed by atoms with Gasteiger partial charge < -0.3 is 0 Å². The van der Waals surface area contributed by atoms with E-state index in [0.717, 1.165) is 28.8 Å². The van der Waals surface area contributed by atoms with Crippen LogP contribution in [0.25, 0.3) is 27.8 Å². The van der Waals surface area contributed by atoms with Crippen LogP contribution < -0.4 is 4.72 Å². The number of hydrogen-bond donors (Lipinski definition) is 1. The molecule has 4 rings (SSSR count). The van der Waals surface area contributed by atoms with Crippen LogP contribution in [0.5, 0.6) is 0 Å². The molecular formula is C22H17ClFN3O3S. The molecule has 0 aliphatic carbocycles. The fourth-order valence-electron chi connectivity index (χ4n) is 3.33. The van der Waals surface area contributed by atoms with Crippen molar-refractivity contribution in [2.24, 2.45) is 0 Å². The molecular weight excluding hydrogens is 441 g/mol. The predicted molar refractivity (Wildman–Crippen MR) is 119 cm³/mol. The minimum atomic E-state index is -3.76. The Balaban J connectivity index is 1.86. The highest BCUT2D eigenvalue weighted by atomic mass is 35.5. The average Bonchev–Trinajstić information content (AvgIpc) is 3.05. The van der Waals surface area contributed by atoms with E-state index in [0.29, 0.717) is 16.2 Å². The van der Waals surface area contributed by atoms with E-state index in [1.165, 1.54) is 16.8 Å². The summed E-state index contributed by atoms with van der Waals surface area (Å²) in [4.78, 5) is 12.0. The number of carbonyl (C=O) groups is 1. The first-order valence-corrected chi connectivity index (χ1v) is 11.5. The van der Waals surface area contributed by atoms with Gasteiger partial charge in [-0.2, -0.15) is 5.10 Å². The molecule has 1 aromatic heterocycles. The second-order valence-electron chi connectivity index (χ2n) is 7.16. The van der Waals surface area contributed by atoms with E-state index in [9.17, 15) is 17.6 Å². The third-order valence-corrected chi connectivity index (χ3v) is 5.44. The first-order valence-electron chi connectivity index (χ1n) is 9.20. The Bertz CT molecular complexity index is 1450. The normalized spacial score (nSPS) is 11.6. The maximum atomic E-state index is 15.0. The predicted octanol–water partition coefficient (Wildman–Crippen LogP) is 4.48. The Kier molecular flexibility index (Phi) is 5.28. The lowest BCUT2D eigenvalue weighted by Crippen LogP contribution is -2.29. The maximum Gasteiger partial charge on any atom is 0.264 e. The summed E-state index contributed by atoms with van der Waals surface area (Å²) in [7, 11) is -3.76. The van der Waals surface area contributed by atoms with Crippen molar-refractivity contribution in [2.45, 2.75) is 6.92 Å². The minimum Gasteiger partial charge on any atom is -0.268 e. The smallest absolute Gasteiger partial charge is 0.264 e. The summed E-state index contributed by atoms with van der Waals surface area (Å²) in [5, 5.41) is 5.90. The van der Waals surface area contributed by atoms with Crippen LogP contribution >= 0.6 is 11.6 Å². The van der Waals surface area contributed by atoms with Gasteiger partial charge in [0.25, 0.3) is 5.91 Å². The third kappa shape index (κ3) is 4.30. The zero-order valence-corrected chi connectivity index (χ0v) is 18.1. The quantitative estimate of drug-likeness (QED) is 0.490. The molecule has 0 spiro atoms. The summed E-state index contributed by atoms with van der Waals surface area (Å²) < 4.78 is 40.8. The molecule has 1 heterocycles. The fourth-order valence-corrected chi connectivity index (χ4v) is 3.95. The second-order valence-corrected chi connectivity index (χ2v) is 9.35. The van der Waals surface area contributed by atoms with Crippen molar-refractivity contribution in [3.63, 3.8) is 0 Å². The van der Waals surface area contributed by atoms with Gasteiger partial charge >= 0.3 is 0 Å². The molecule has 6 nitrogen and oxygen atoms in total. The minimum absolute atomic E-state index is 0.113. The van der Waals surface area contributed by atoms with Crippen LogP contribution in [0.4, 0.5) is 4.39 Å². The van der Waals surface area contributed by atoms with Crippen molar-refractivity contribution < 1.29 is 17.6 Å². The molecule has 3 aromatic carbocycles. The number of hydrogen-bond acceptors (Lipinski definition) is 4. The number of aryl methyl sites for hydroxylation is 1. The maximum absolute atomic E-state index is 15.0. The fraction of sp³-hybridized carbons (Fsp3) is 0.0909. The van der Waals surface area contributed by atoms with Gasteiger partial charge in [-0.1, -0.05) is 35.4 Å². The lowest BCUT2D eigenvalue weighted by molar-refractivity contribution is 0.0981. The summed E-state index contributed by atoms with van der Waals surface area (Å²) >= 11 is 6.20. The lowest BCUT2D eigenvalue weighted by atomic mass is 10.1. The summed E-state index contributed by atoms with van der Waals surface area (Å²) in [5.41, 5.74) is 3.17. The van der Waals surface area contributed by atoms with Crippen molar-refractivity contribution in [3.05, 3.63) is 82.6 Å². The molecule has 0 bridgehead atoms. The van der Waals surface area contributed by atoms with Crippen molar-refractivity contribution in [1.82, 2.24) is 14.5 Å². The SMILES string of the molecule is Cc1cccc(-c2nn(-c3ccc(C(=O)NS(C)(=O)=O)cc3F)c3ccc(Cl)cc23)c1. The van der Waals surface area contributed by atoms with Crippen molar-refractivity contribution in [2.75, 3.05) is 6.26 Å². The highest BCUT2D eigenvalue weighted by Gasteiger charge is 2.19. The van der Waals surface area contributed by atoms with Gasteiger partial charge in [-0.15, -0.1) is 0 Å². The number of halogens is 2. The molecule has 0 unspecified atom stereocenters. The van der Waals surface area contributed by atoms with Crippen LogP contribution in [0.2, 0.25) is 5.02 Å². The Hall–Kier alpha value is -3.23. The number of nitrogens with one attached hydrogen (secondary N) is 1. The second kappa shape index (κ2) is 7.79. The van der Waals surface area contributed by atoms with Gasteiger partial charge in [0.15, 0.2) is 0 Å². The Morgan fingerprint density at radius 3 is 2.55 bits per heavy atom. The molecule has 0 fully saturated rings. The van der Waals surface area contributed by atoms with E-state index in [4.69, 9.17) is 11.6 Å². The molecule has 0 saturated heterocycles. The highest BCUT2D eigenvalue weighted by molar-refractivity contribution is 7.89. The molecule has 9 heteroatoms. The van der Waals surface area contributed by atoms with Gasteiger partial charge in [-0.25, -0.2) is 22.2 Å². The molecule has 0 radical (unpaired) electrons. The number of nitrogens with zero attached hydrogens (tertiary/aromatic N) is 2. The number of aromatic nitrogens is 2. The number of carbonyl (C=O) groups excluding carboxylic acids is 1. The molecule has 0 aliphatic heterocycles. The van der Waals surface area contributed by atoms with E-state index < -0.39 is 21.7 Å². The van der Waals surface area contributed by atoms with Crippen molar-refractivity contribution in [3.8, 4) is 16.9 Å². The Labute approximate surface area is 183 Å². The van der Waals surface area contributed by atoms with E-state index in [-0.39, 0.29) is 11.3 Å². The number of fused-ring (bicyclic) bond motifs is 1. The highest BCUT2D eigenvalue weighted by Crippen LogP contribution is 2.32. The molecule has 158 valence electrons. The molecule has 31 heavy (non-hydrogen) atoms. The lowest BCUT2D eigenvalue weighted by Gasteiger charge is -2.08. The number of amides is 1.